The first-order valence-electron chi connectivity index (χ1n) is 3.11. The van der Waals surface area contributed by atoms with E-state index in [-0.39, 0.29) is 22.4 Å². The van der Waals surface area contributed by atoms with E-state index in [1.54, 1.807) is 0 Å². The van der Waals surface area contributed by atoms with E-state index >= 15 is 0 Å². The molecule has 0 heterocycles. The van der Waals surface area contributed by atoms with Crippen molar-refractivity contribution in [3.05, 3.63) is 30.3 Å². The van der Waals surface area contributed by atoms with Crippen LogP contribution >= 0.6 is 12.2 Å². The molecule has 0 amide bonds. The Hall–Kier alpha value is -0.150. The van der Waals surface area contributed by atoms with E-state index in [1.165, 1.54) is 0 Å². The van der Waals surface area contributed by atoms with Gasteiger partial charge in [-0.15, -0.1) is 0 Å². The van der Waals surface area contributed by atoms with Gasteiger partial charge in [-0.2, -0.15) is 0 Å². The molecule has 0 spiro atoms. The van der Waals surface area contributed by atoms with Gasteiger partial charge in [0.1, 0.15) is 0 Å². The summed E-state index contributed by atoms with van der Waals surface area (Å²) in [4.78, 5) is 0.797. The summed E-state index contributed by atoms with van der Waals surface area (Å²) in [5.41, 5.74) is 1.05. The van der Waals surface area contributed by atoms with Crippen molar-refractivity contribution < 1.29 is 22.4 Å². The molecule has 1 radical (unpaired) electrons. The van der Waals surface area contributed by atoms with Gasteiger partial charge < -0.3 is 5.32 Å². The predicted octanol–water partition coefficient (Wildman–Crippen LogP) is 2.44. The third-order valence-electron chi connectivity index (χ3n) is 1.09. The second-order valence-corrected chi connectivity index (χ2v) is 2.66. The van der Waals surface area contributed by atoms with E-state index in [1.807, 2.05) is 37.3 Å². The van der Waals surface area contributed by atoms with Gasteiger partial charge in [0.05, 0.1) is 4.99 Å². The Kier molecular flexibility index (Phi) is 5.42. The summed E-state index contributed by atoms with van der Waals surface area (Å²) in [6.45, 7) is 1.86. The molecule has 0 atom stereocenters. The van der Waals surface area contributed by atoms with Crippen molar-refractivity contribution >= 4 is 22.9 Å². The number of nitrogens with one attached hydrogen (secondary N) is 1. The Morgan fingerprint density at radius 2 is 1.82 bits per heavy atom. The number of anilines is 1. The largest absolute Gasteiger partial charge is 0.350 e. The average Bonchev–Trinajstić information content (AvgIpc) is 1.88. The van der Waals surface area contributed by atoms with E-state index in [0.29, 0.717) is 0 Å². The Bertz CT molecular complexity index is 223. The number of rotatable bonds is 1. The average molecular weight is 348 g/mol. The topological polar surface area (TPSA) is 12.0 Å². The first-order chi connectivity index (χ1) is 4.79. The monoisotopic (exact) mass is 348 g/mol. The Morgan fingerprint density at radius 3 is 2.27 bits per heavy atom. The zero-order chi connectivity index (χ0) is 7.40. The van der Waals surface area contributed by atoms with E-state index in [4.69, 9.17) is 12.2 Å². The molecule has 0 aliphatic heterocycles. The molecule has 0 aliphatic carbocycles. The second kappa shape index (κ2) is 5.49. The molecule has 3 heteroatoms. The maximum Gasteiger partial charge on any atom is 0.0765 e. The van der Waals surface area contributed by atoms with Gasteiger partial charge in [0, 0.05) is 28.1 Å². The smallest absolute Gasteiger partial charge is 0.0765 e. The minimum atomic E-state index is 0. The molecule has 1 N–H and O–H groups in total. The maximum atomic E-state index is 4.87. The van der Waals surface area contributed by atoms with E-state index in [0.717, 1.165) is 10.7 Å². The molecule has 0 unspecified atom stereocenters. The van der Waals surface area contributed by atoms with Crippen LogP contribution in [0.15, 0.2) is 30.3 Å². The summed E-state index contributed by atoms with van der Waals surface area (Å²) in [6, 6.07) is 9.89. The van der Waals surface area contributed by atoms with Gasteiger partial charge in [-0.3, -0.25) is 0 Å². The quantitative estimate of drug-likeness (QED) is 0.618. The SMILES string of the molecule is CC(=S)Nc1ccccc1.[Au]. The normalized spacial score (nSPS) is 8.09. The van der Waals surface area contributed by atoms with Crippen LogP contribution in [0.2, 0.25) is 0 Å². The summed E-state index contributed by atoms with van der Waals surface area (Å²) < 4.78 is 0. The van der Waals surface area contributed by atoms with Crippen LogP contribution in [-0.2, 0) is 22.4 Å². The molecule has 1 nitrogen and oxygen atoms in total. The van der Waals surface area contributed by atoms with Crippen LogP contribution in [0.5, 0.6) is 0 Å². The first-order valence-corrected chi connectivity index (χ1v) is 3.52. The molecule has 0 aliphatic rings. The van der Waals surface area contributed by atoms with Crippen molar-refractivity contribution in [3.8, 4) is 0 Å². The minimum Gasteiger partial charge on any atom is -0.350 e. The Balaban J connectivity index is 0.000001000. The van der Waals surface area contributed by atoms with Gasteiger partial charge in [-0.1, -0.05) is 30.4 Å². The summed E-state index contributed by atoms with van der Waals surface area (Å²) in [5.74, 6) is 0. The van der Waals surface area contributed by atoms with E-state index in [9.17, 15) is 0 Å². The second-order valence-electron chi connectivity index (χ2n) is 2.05. The van der Waals surface area contributed by atoms with Gasteiger partial charge >= 0.3 is 0 Å². The maximum absolute atomic E-state index is 4.87. The van der Waals surface area contributed by atoms with Crippen molar-refractivity contribution in [1.29, 1.82) is 0 Å². The number of hydrogen-bond acceptors (Lipinski definition) is 1. The molecule has 63 valence electrons. The van der Waals surface area contributed by atoms with Crippen molar-refractivity contribution in [2.75, 3.05) is 5.32 Å². The standard InChI is InChI=1S/C8H9NS.Au/c1-7(10)9-8-5-3-2-4-6-8;/h2-6H,1H3,(H,9,10);. The molecular formula is C8H9AuNS. The number of para-hydroxylation sites is 1. The summed E-state index contributed by atoms with van der Waals surface area (Å²) in [7, 11) is 0. The predicted molar refractivity (Wildman–Crippen MR) is 48.3 cm³/mol. The summed E-state index contributed by atoms with van der Waals surface area (Å²) >= 11 is 4.87. The van der Waals surface area contributed by atoms with Crippen molar-refractivity contribution in [3.63, 3.8) is 0 Å². The number of thiocarbonyl (C=S) groups is 1. The van der Waals surface area contributed by atoms with Crippen molar-refractivity contribution in [2.45, 2.75) is 6.92 Å². The summed E-state index contributed by atoms with van der Waals surface area (Å²) in [6.07, 6.45) is 0. The van der Waals surface area contributed by atoms with E-state index < -0.39 is 0 Å². The molecular weight excluding hydrogens is 339 g/mol. The third-order valence-corrected chi connectivity index (χ3v) is 1.20. The number of benzene rings is 1. The van der Waals surface area contributed by atoms with Gasteiger partial charge in [-0.25, -0.2) is 0 Å². The summed E-state index contributed by atoms with van der Waals surface area (Å²) in [5, 5.41) is 3.04. The van der Waals surface area contributed by atoms with Gasteiger partial charge in [0.15, 0.2) is 0 Å². The van der Waals surface area contributed by atoms with E-state index in [2.05, 4.69) is 5.32 Å². The zero-order valence-electron chi connectivity index (χ0n) is 6.10. The fraction of sp³-hybridized carbons (Fsp3) is 0.125. The fourth-order valence-corrected chi connectivity index (χ4v) is 0.843. The Morgan fingerprint density at radius 1 is 1.27 bits per heavy atom. The van der Waals surface area contributed by atoms with Crippen LogP contribution in [0, 0.1) is 0 Å². The molecule has 0 aromatic heterocycles. The van der Waals surface area contributed by atoms with Crippen LogP contribution in [0.25, 0.3) is 0 Å². The first kappa shape index (κ1) is 10.9. The zero-order valence-corrected chi connectivity index (χ0v) is 9.08. The Labute approximate surface area is 87.7 Å². The molecule has 1 rings (SSSR count). The molecule has 0 fully saturated rings. The molecule has 11 heavy (non-hydrogen) atoms. The van der Waals surface area contributed by atoms with Crippen LogP contribution in [0.1, 0.15) is 6.92 Å². The van der Waals surface area contributed by atoms with Crippen molar-refractivity contribution in [2.24, 2.45) is 0 Å². The van der Waals surface area contributed by atoms with Crippen LogP contribution in [-0.4, -0.2) is 4.99 Å². The van der Waals surface area contributed by atoms with Crippen LogP contribution < -0.4 is 5.32 Å². The van der Waals surface area contributed by atoms with Gasteiger partial charge in [-0.05, 0) is 19.1 Å². The molecule has 0 bridgehead atoms. The minimum absolute atomic E-state index is 0. The van der Waals surface area contributed by atoms with Crippen LogP contribution in [0.3, 0.4) is 0 Å². The molecule has 1 aromatic rings. The van der Waals surface area contributed by atoms with Gasteiger partial charge in [0.25, 0.3) is 0 Å². The fourth-order valence-electron chi connectivity index (χ4n) is 0.725. The molecule has 1 aromatic carbocycles. The van der Waals surface area contributed by atoms with Gasteiger partial charge in [0.2, 0.25) is 0 Å². The molecule has 0 saturated carbocycles. The number of hydrogen-bond donors (Lipinski definition) is 1. The van der Waals surface area contributed by atoms with Crippen molar-refractivity contribution in [1.82, 2.24) is 0 Å². The van der Waals surface area contributed by atoms with Crippen LogP contribution in [0.4, 0.5) is 5.69 Å². The third kappa shape index (κ3) is 4.32. The molecule has 0 saturated heterocycles.